The number of hydrogen-bond acceptors (Lipinski definition) is 3. The minimum absolute atomic E-state index is 0.0411. The van der Waals surface area contributed by atoms with Gasteiger partial charge in [-0.3, -0.25) is 0 Å². The summed E-state index contributed by atoms with van der Waals surface area (Å²) < 4.78 is 5.55. The summed E-state index contributed by atoms with van der Waals surface area (Å²) in [6, 6.07) is 8.32. The lowest BCUT2D eigenvalue weighted by Gasteiger charge is -2.08. The standard InChI is InChI=1S/C14H12ClNO3/c1-8-3-9(2)5-11(4-8)19-13-7-10(14(17)18)6-12(15)16-13/h3-7H,1-2H3,(H,17,18). The second-order valence-corrected chi connectivity index (χ2v) is 4.63. The van der Waals surface area contributed by atoms with Crippen LogP contribution in [0.4, 0.5) is 0 Å². The van der Waals surface area contributed by atoms with Gasteiger partial charge >= 0.3 is 5.97 Å². The number of carbonyl (C=O) groups is 1. The first kappa shape index (κ1) is 13.4. The first-order valence-corrected chi connectivity index (χ1v) is 5.99. The molecule has 0 radical (unpaired) electrons. The lowest BCUT2D eigenvalue weighted by atomic mass is 10.1. The summed E-state index contributed by atoms with van der Waals surface area (Å²) in [6.07, 6.45) is 0. The maximum Gasteiger partial charge on any atom is 0.335 e. The molecule has 0 saturated heterocycles. The fraction of sp³-hybridized carbons (Fsp3) is 0.143. The Morgan fingerprint density at radius 3 is 2.37 bits per heavy atom. The van der Waals surface area contributed by atoms with E-state index in [0.717, 1.165) is 11.1 Å². The summed E-state index contributed by atoms with van der Waals surface area (Å²) in [6.45, 7) is 3.90. The molecule has 0 aliphatic heterocycles. The molecule has 0 unspecified atom stereocenters. The number of hydrogen-bond donors (Lipinski definition) is 1. The first-order valence-electron chi connectivity index (χ1n) is 5.61. The van der Waals surface area contributed by atoms with Gasteiger partial charge in [-0.1, -0.05) is 17.7 Å². The zero-order valence-electron chi connectivity index (χ0n) is 10.5. The second kappa shape index (κ2) is 5.28. The van der Waals surface area contributed by atoms with Crippen molar-refractivity contribution in [1.82, 2.24) is 4.98 Å². The minimum atomic E-state index is -1.07. The number of carboxylic acid groups (broad SMARTS) is 1. The second-order valence-electron chi connectivity index (χ2n) is 4.25. The van der Waals surface area contributed by atoms with Crippen LogP contribution in [0.2, 0.25) is 5.15 Å². The average Bonchev–Trinajstić information content (AvgIpc) is 2.26. The number of pyridine rings is 1. The molecule has 0 aliphatic rings. The van der Waals surface area contributed by atoms with E-state index in [4.69, 9.17) is 21.4 Å². The highest BCUT2D eigenvalue weighted by Crippen LogP contribution is 2.24. The van der Waals surface area contributed by atoms with Gasteiger partial charge in [-0.25, -0.2) is 9.78 Å². The number of ether oxygens (including phenoxy) is 1. The van der Waals surface area contributed by atoms with Crippen molar-refractivity contribution in [3.63, 3.8) is 0 Å². The lowest BCUT2D eigenvalue weighted by molar-refractivity contribution is 0.0696. The van der Waals surface area contributed by atoms with Gasteiger partial charge in [-0.05, 0) is 43.2 Å². The molecule has 1 heterocycles. The summed E-state index contributed by atoms with van der Waals surface area (Å²) in [5.41, 5.74) is 2.14. The number of benzene rings is 1. The van der Waals surface area contributed by atoms with Gasteiger partial charge < -0.3 is 9.84 Å². The molecule has 0 fully saturated rings. The summed E-state index contributed by atoms with van der Waals surface area (Å²) in [4.78, 5) is 14.9. The molecule has 0 aliphatic carbocycles. The molecule has 4 nitrogen and oxygen atoms in total. The molecule has 0 atom stereocenters. The number of aromatic carboxylic acids is 1. The van der Waals surface area contributed by atoms with Crippen LogP contribution >= 0.6 is 11.6 Å². The van der Waals surface area contributed by atoms with E-state index in [2.05, 4.69) is 4.98 Å². The quantitative estimate of drug-likeness (QED) is 0.866. The largest absolute Gasteiger partial charge is 0.478 e. The van der Waals surface area contributed by atoms with E-state index in [9.17, 15) is 4.79 Å². The molecular formula is C14H12ClNO3. The van der Waals surface area contributed by atoms with Crippen LogP contribution in [0.1, 0.15) is 21.5 Å². The topological polar surface area (TPSA) is 59.4 Å². The molecule has 19 heavy (non-hydrogen) atoms. The molecular weight excluding hydrogens is 266 g/mol. The van der Waals surface area contributed by atoms with Gasteiger partial charge in [-0.2, -0.15) is 0 Å². The molecule has 1 aromatic heterocycles. The average molecular weight is 278 g/mol. The third-order valence-electron chi connectivity index (χ3n) is 2.44. The Hall–Kier alpha value is -2.07. The van der Waals surface area contributed by atoms with Gasteiger partial charge in [0.2, 0.25) is 5.88 Å². The molecule has 0 bridgehead atoms. The normalized spacial score (nSPS) is 10.3. The monoisotopic (exact) mass is 277 g/mol. The van der Waals surface area contributed by atoms with E-state index in [1.807, 2.05) is 32.0 Å². The van der Waals surface area contributed by atoms with Crippen LogP contribution < -0.4 is 4.74 Å². The predicted octanol–water partition coefficient (Wildman–Crippen LogP) is 3.84. The van der Waals surface area contributed by atoms with Gasteiger partial charge in [0, 0.05) is 6.07 Å². The molecule has 98 valence electrons. The Morgan fingerprint density at radius 1 is 1.16 bits per heavy atom. The molecule has 0 amide bonds. The molecule has 2 rings (SSSR count). The van der Waals surface area contributed by atoms with Gasteiger partial charge in [0.25, 0.3) is 0 Å². The number of carboxylic acids is 1. The molecule has 2 aromatic rings. The van der Waals surface area contributed by atoms with Crippen LogP contribution in [0.3, 0.4) is 0 Å². The van der Waals surface area contributed by atoms with Crippen molar-refractivity contribution in [3.8, 4) is 11.6 Å². The number of nitrogens with zero attached hydrogens (tertiary/aromatic N) is 1. The number of halogens is 1. The lowest BCUT2D eigenvalue weighted by Crippen LogP contribution is -1.98. The summed E-state index contributed by atoms with van der Waals surface area (Å²) in [7, 11) is 0. The van der Waals surface area contributed by atoms with Crippen LogP contribution in [-0.2, 0) is 0 Å². The summed E-state index contributed by atoms with van der Waals surface area (Å²) in [5.74, 6) is -0.312. The fourth-order valence-electron chi connectivity index (χ4n) is 1.76. The Kier molecular flexibility index (Phi) is 3.71. The van der Waals surface area contributed by atoms with E-state index in [0.29, 0.717) is 5.75 Å². The minimum Gasteiger partial charge on any atom is -0.478 e. The Balaban J connectivity index is 2.35. The summed E-state index contributed by atoms with van der Waals surface area (Å²) in [5, 5.41) is 9.03. The highest BCUT2D eigenvalue weighted by molar-refractivity contribution is 6.29. The molecule has 0 saturated carbocycles. The predicted molar refractivity (Wildman–Crippen MR) is 72.2 cm³/mol. The molecule has 1 aromatic carbocycles. The number of aryl methyl sites for hydroxylation is 2. The van der Waals surface area contributed by atoms with Gasteiger partial charge in [0.1, 0.15) is 10.9 Å². The highest BCUT2D eigenvalue weighted by atomic mass is 35.5. The van der Waals surface area contributed by atoms with Gasteiger partial charge in [-0.15, -0.1) is 0 Å². The van der Waals surface area contributed by atoms with E-state index in [-0.39, 0.29) is 16.6 Å². The Morgan fingerprint density at radius 2 is 1.79 bits per heavy atom. The maximum absolute atomic E-state index is 10.9. The zero-order chi connectivity index (χ0) is 14.0. The smallest absolute Gasteiger partial charge is 0.335 e. The molecule has 0 spiro atoms. The van der Waals surface area contributed by atoms with Crippen molar-refractivity contribution < 1.29 is 14.6 Å². The number of rotatable bonds is 3. The number of aromatic nitrogens is 1. The van der Waals surface area contributed by atoms with Crippen LogP contribution in [-0.4, -0.2) is 16.1 Å². The highest BCUT2D eigenvalue weighted by Gasteiger charge is 2.09. The summed E-state index contributed by atoms with van der Waals surface area (Å²) >= 11 is 5.77. The van der Waals surface area contributed by atoms with E-state index in [1.54, 1.807) is 0 Å². The first-order chi connectivity index (χ1) is 8.94. The van der Waals surface area contributed by atoms with Crippen LogP contribution in [0.15, 0.2) is 30.3 Å². The Bertz CT molecular complexity index is 620. The SMILES string of the molecule is Cc1cc(C)cc(Oc2cc(C(=O)O)cc(Cl)n2)c1. The van der Waals surface area contributed by atoms with Crippen LogP contribution in [0, 0.1) is 13.8 Å². The fourth-order valence-corrected chi connectivity index (χ4v) is 1.96. The van der Waals surface area contributed by atoms with Crippen LogP contribution in [0.25, 0.3) is 0 Å². The van der Waals surface area contributed by atoms with Crippen molar-refractivity contribution >= 4 is 17.6 Å². The van der Waals surface area contributed by atoms with Crippen LogP contribution in [0.5, 0.6) is 11.6 Å². The van der Waals surface area contributed by atoms with E-state index < -0.39 is 5.97 Å². The van der Waals surface area contributed by atoms with Crippen molar-refractivity contribution in [3.05, 3.63) is 52.2 Å². The van der Waals surface area contributed by atoms with E-state index in [1.165, 1.54) is 12.1 Å². The van der Waals surface area contributed by atoms with E-state index >= 15 is 0 Å². The maximum atomic E-state index is 10.9. The molecule has 1 N–H and O–H groups in total. The Labute approximate surface area is 115 Å². The van der Waals surface area contributed by atoms with Crippen molar-refractivity contribution in [1.29, 1.82) is 0 Å². The van der Waals surface area contributed by atoms with Crippen molar-refractivity contribution in [2.75, 3.05) is 0 Å². The van der Waals surface area contributed by atoms with Crippen molar-refractivity contribution in [2.24, 2.45) is 0 Å². The van der Waals surface area contributed by atoms with Gasteiger partial charge in [0.15, 0.2) is 0 Å². The zero-order valence-corrected chi connectivity index (χ0v) is 11.2. The third-order valence-corrected chi connectivity index (χ3v) is 2.63. The third kappa shape index (κ3) is 3.45. The van der Waals surface area contributed by atoms with Gasteiger partial charge in [0.05, 0.1) is 5.56 Å². The van der Waals surface area contributed by atoms with Crippen molar-refractivity contribution in [2.45, 2.75) is 13.8 Å². The molecule has 5 heteroatoms.